The van der Waals surface area contributed by atoms with E-state index in [0.29, 0.717) is 17.9 Å². The summed E-state index contributed by atoms with van der Waals surface area (Å²) in [7, 11) is 1.80. The molecule has 0 radical (unpaired) electrons. The number of methoxy groups -OCH3 is 1. The van der Waals surface area contributed by atoms with Crippen molar-refractivity contribution in [2.45, 2.75) is 31.8 Å². The molecule has 0 N–H and O–H groups in total. The van der Waals surface area contributed by atoms with Crippen molar-refractivity contribution < 1.29 is 9.53 Å². The largest absolute Gasteiger partial charge is 0.381 e. The van der Waals surface area contributed by atoms with E-state index in [-0.39, 0.29) is 5.91 Å². The van der Waals surface area contributed by atoms with Gasteiger partial charge in [-0.2, -0.15) is 0 Å². The molecule has 3 heterocycles. The molecule has 1 saturated carbocycles. The Kier molecular flexibility index (Phi) is 3.97. The van der Waals surface area contributed by atoms with Crippen LogP contribution in [-0.2, 0) is 4.74 Å². The van der Waals surface area contributed by atoms with Gasteiger partial charge in [0, 0.05) is 45.0 Å². The third-order valence-electron chi connectivity index (χ3n) is 5.75. The molecule has 3 aliphatic rings. The number of amides is 1. The Bertz CT molecular complexity index is 571. The molecular weight excluding hydrogens is 290 g/mol. The van der Waals surface area contributed by atoms with E-state index in [0.717, 1.165) is 50.4 Å². The Morgan fingerprint density at radius 3 is 2.57 bits per heavy atom. The second-order valence-corrected chi connectivity index (χ2v) is 7.16. The van der Waals surface area contributed by atoms with E-state index < -0.39 is 0 Å². The number of carbonyl (C=O) groups excluding carboxylic acids is 1. The van der Waals surface area contributed by atoms with E-state index in [2.05, 4.69) is 9.88 Å². The Morgan fingerprint density at radius 2 is 1.91 bits per heavy atom. The Labute approximate surface area is 137 Å². The van der Waals surface area contributed by atoms with Crippen LogP contribution in [-0.4, -0.2) is 55.2 Å². The van der Waals surface area contributed by atoms with Crippen LogP contribution in [0.25, 0.3) is 0 Å². The Balaban J connectivity index is 1.45. The van der Waals surface area contributed by atoms with Gasteiger partial charge in [0.05, 0.1) is 6.10 Å². The van der Waals surface area contributed by atoms with Gasteiger partial charge in [0.2, 0.25) is 0 Å². The molecular formula is C18H25N3O2. The predicted octanol–water partition coefficient (Wildman–Crippen LogP) is 2.18. The zero-order valence-corrected chi connectivity index (χ0v) is 13.8. The highest BCUT2D eigenvalue weighted by Gasteiger charge is 2.42. The number of anilines is 1. The number of pyridine rings is 1. The third kappa shape index (κ3) is 2.82. The smallest absolute Gasteiger partial charge is 0.254 e. The van der Waals surface area contributed by atoms with Gasteiger partial charge in [-0.1, -0.05) is 0 Å². The van der Waals surface area contributed by atoms with Crippen LogP contribution in [0.1, 0.15) is 36.0 Å². The summed E-state index contributed by atoms with van der Waals surface area (Å²) in [6.45, 7) is 3.86. The number of hydrogen-bond acceptors (Lipinski definition) is 4. The van der Waals surface area contributed by atoms with E-state index in [9.17, 15) is 4.79 Å². The first-order valence-electron chi connectivity index (χ1n) is 8.77. The summed E-state index contributed by atoms with van der Waals surface area (Å²) in [4.78, 5) is 21.6. The number of fused-ring (bicyclic) bond motifs is 1. The molecule has 1 amide bonds. The first-order valence-corrected chi connectivity index (χ1v) is 8.77. The highest BCUT2D eigenvalue weighted by molar-refractivity contribution is 5.95. The average molecular weight is 315 g/mol. The van der Waals surface area contributed by atoms with Crippen molar-refractivity contribution in [2.75, 3.05) is 38.2 Å². The van der Waals surface area contributed by atoms with Gasteiger partial charge in [-0.3, -0.25) is 4.79 Å². The van der Waals surface area contributed by atoms with Crippen LogP contribution in [0.5, 0.6) is 0 Å². The Hall–Kier alpha value is -1.62. The lowest BCUT2D eigenvalue weighted by molar-refractivity contribution is 0.0731. The monoisotopic (exact) mass is 315 g/mol. The van der Waals surface area contributed by atoms with Gasteiger partial charge in [-0.25, -0.2) is 4.98 Å². The maximum Gasteiger partial charge on any atom is 0.254 e. The van der Waals surface area contributed by atoms with Crippen LogP contribution in [0.2, 0.25) is 0 Å². The van der Waals surface area contributed by atoms with Crippen molar-refractivity contribution >= 4 is 11.7 Å². The fourth-order valence-electron chi connectivity index (χ4n) is 4.46. The van der Waals surface area contributed by atoms with E-state index in [1.807, 2.05) is 17.0 Å². The Morgan fingerprint density at radius 1 is 1.22 bits per heavy atom. The summed E-state index contributed by atoms with van der Waals surface area (Å²) in [5.41, 5.74) is 0.783. The summed E-state index contributed by atoms with van der Waals surface area (Å²) in [6, 6.07) is 3.83. The van der Waals surface area contributed by atoms with E-state index in [1.165, 1.54) is 12.8 Å². The predicted molar refractivity (Wildman–Crippen MR) is 88.6 cm³/mol. The lowest BCUT2D eigenvalue weighted by atomic mass is 10.0. The lowest BCUT2D eigenvalue weighted by Crippen LogP contribution is -2.30. The number of ether oxygens (including phenoxy) is 1. The summed E-state index contributed by atoms with van der Waals surface area (Å²) in [5, 5.41) is 0. The molecule has 2 saturated heterocycles. The molecule has 23 heavy (non-hydrogen) atoms. The van der Waals surface area contributed by atoms with E-state index in [4.69, 9.17) is 4.74 Å². The van der Waals surface area contributed by atoms with Crippen LogP contribution in [0.15, 0.2) is 18.3 Å². The number of nitrogens with zero attached hydrogens (tertiary/aromatic N) is 3. The van der Waals surface area contributed by atoms with Crippen molar-refractivity contribution in [3.8, 4) is 0 Å². The van der Waals surface area contributed by atoms with Gasteiger partial charge in [-0.05, 0) is 49.7 Å². The SMILES string of the molecule is COC1C[C@@H]2CN(C(=O)c3ccnc(N4CCCC4)c3)C[C@@H]2C1. The highest BCUT2D eigenvalue weighted by atomic mass is 16.5. The standard InChI is InChI=1S/C18H25N3O2/c1-23-16-8-14-11-21(12-15(14)9-16)18(22)13-4-5-19-17(10-13)20-6-2-3-7-20/h4-5,10,14-16H,2-3,6-9,11-12H2,1H3/t14-,15+,16?. The van der Waals surface area contributed by atoms with Gasteiger partial charge in [-0.15, -0.1) is 0 Å². The van der Waals surface area contributed by atoms with Gasteiger partial charge in [0.25, 0.3) is 5.91 Å². The molecule has 3 fully saturated rings. The average Bonchev–Trinajstić information content (AvgIpc) is 3.29. The molecule has 0 bridgehead atoms. The van der Waals surface area contributed by atoms with Crippen molar-refractivity contribution in [2.24, 2.45) is 11.8 Å². The van der Waals surface area contributed by atoms with Crippen LogP contribution in [0.3, 0.4) is 0 Å². The number of hydrogen-bond donors (Lipinski definition) is 0. The zero-order valence-electron chi connectivity index (χ0n) is 13.8. The van der Waals surface area contributed by atoms with Crippen molar-refractivity contribution in [1.82, 2.24) is 9.88 Å². The molecule has 0 spiro atoms. The van der Waals surface area contributed by atoms with Gasteiger partial charge < -0.3 is 14.5 Å². The summed E-state index contributed by atoms with van der Waals surface area (Å²) >= 11 is 0. The van der Waals surface area contributed by atoms with Gasteiger partial charge >= 0.3 is 0 Å². The normalized spacial score (nSPS) is 30.0. The maximum atomic E-state index is 12.8. The molecule has 5 heteroatoms. The molecule has 2 aliphatic heterocycles. The highest BCUT2D eigenvalue weighted by Crippen LogP contribution is 2.39. The molecule has 1 unspecified atom stereocenters. The van der Waals surface area contributed by atoms with Crippen molar-refractivity contribution in [3.05, 3.63) is 23.9 Å². The van der Waals surface area contributed by atoms with Crippen LogP contribution in [0, 0.1) is 11.8 Å². The summed E-state index contributed by atoms with van der Waals surface area (Å²) < 4.78 is 5.48. The third-order valence-corrected chi connectivity index (χ3v) is 5.75. The maximum absolute atomic E-state index is 12.8. The number of carbonyl (C=O) groups is 1. The second kappa shape index (κ2) is 6.11. The number of likely N-dealkylation sites (tertiary alicyclic amines) is 1. The minimum absolute atomic E-state index is 0.163. The minimum atomic E-state index is 0.163. The second-order valence-electron chi connectivity index (χ2n) is 7.16. The molecule has 124 valence electrons. The van der Waals surface area contributed by atoms with E-state index in [1.54, 1.807) is 13.3 Å². The fourth-order valence-corrected chi connectivity index (χ4v) is 4.46. The van der Waals surface area contributed by atoms with Crippen LogP contribution >= 0.6 is 0 Å². The topological polar surface area (TPSA) is 45.7 Å². The number of rotatable bonds is 3. The summed E-state index contributed by atoms with van der Waals surface area (Å²) in [5.74, 6) is 2.34. The summed E-state index contributed by atoms with van der Waals surface area (Å²) in [6.07, 6.45) is 6.80. The molecule has 1 aliphatic carbocycles. The first kappa shape index (κ1) is 14.9. The van der Waals surface area contributed by atoms with Gasteiger partial charge in [0.1, 0.15) is 5.82 Å². The van der Waals surface area contributed by atoms with Crippen LogP contribution in [0.4, 0.5) is 5.82 Å². The fraction of sp³-hybridized carbons (Fsp3) is 0.667. The molecule has 1 aromatic heterocycles. The molecule has 3 atom stereocenters. The van der Waals surface area contributed by atoms with Crippen molar-refractivity contribution in [3.63, 3.8) is 0 Å². The van der Waals surface area contributed by atoms with Gasteiger partial charge in [0.15, 0.2) is 0 Å². The molecule has 0 aromatic carbocycles. The number of aromatic nitrogens is 1. The first-order chi connectivity index (χ1) is 11.2. The molecule has 5 nitrogen and oxygen atoms in total. The minimum Gasteiger partial charge on any atom is -0.381 e. The lowest BCUT2D eigenvalue weighted by Gasteiger charge is -2.21. The zero-order chi connectivity index (χ0) is 15.8. The molecule has 1 aromatic rings. The molecule has 4 rings (SSSR count). The van der Waals surface area contributed by atoms with Crippen molar-refractivity contribution in [1.29, 1.82) is 0 Å². The van der Waals surface area contributed by atoms with E-state index >= 15 is 0 Å². The quantitative estimate of drug-likeness (QED) is 0.858. The van der Waals surface area contributed by atoms with Crippen LogP contribution < -0.4 is 4.90 Å².